The first kappa shape index (κ1) is 17.4. The van der Waals surface area contributed by atoms with Gasteiger partial charge in [0.25, 0.3) is 5.56 Å². The summed E-state index contributed by atoms with van der Waals surface area (Å²) in [6.07, 6.45) is 2.14. The van der Waals surface area contributed by atoms with Crippen molar-refractivity contribution in [3.8, 4) is 10.4 Å². The zero-order valence-electron chi connectivity index (χ0n) is 14.6. The van der Waals surface area contributed by atoms with Crippen molar-refractivity contribution in [2.75, 3.05) is 13.6 Å². The molecule has 6 nitrogen and oxygen atoms in total. The van der Waals surface area contributed by atoms with Crippen molar-refractivity contribution >= 4 is 38.8 Å². The topological polar surface area (TPSA) is 78.1 Å². The number of fused-ring (bicyclic) bond motifs is 1. The third kappa shape index (κ3) is 3.44. The Labute approximate surface area is 158 Å². The highest BCUT2D eigenvalue weighted by Gasteiger charge is 2.25. The molecule has 3 heterocycles. The molecule has 4 rings (SSSR count). The van der Waals surface area contributed by atoms with Crippen LogP contribution in [0.3, 0.4) is 0 Å². The van der Waals surface area contributed by atoms with Gasteiger partial charge in [-0.3, -0.25) is 14.5 Å². The number of nitrogens with one attached hydrogen (secondary N) is 2. The fourth-order valence-electron chi connectivity index (χ4n) is 2.85. The second-order valence-corrected chi connectivity index (χ2v) is 8.50. The van der Waals surface area contributed by atoms with Crippen LogP contribution in [0.2, 0.25) is 0 Å². The maximum atomic E-state index is 12.7. The average molecular weight is 389 g/mol. The Kier molecular flexibility index (Phi) is 4.64. The zero-order valence-corrected chi connectivity index (χ0v) is 16.2. The summed E-state index contributed by atoms with van der Waals surface area (Å²) in [6.45, 7) is 2.23. The standard InChI is InChI=1S/C18H20N4O2S2/c1-10(22(2)8-14(23)19-11-5-6-11)16-20-17(24)15-12(9-26-18(15)21-16)13-4-3-7-25-13/h3-4,7,9-11H,5-6,8H2,1-2H3,(H,19,23)(H,20,21,24)/t10-/m1/s1. The minimum atomic E-state index is -0.163. The Hall–Kier alpha value is -2.03. The number of aromatic amines is 1. The van der Waals surface area contributed by atoms with E-state index in [0.717, 1.165) is 28.1 Å². The van der Waals surface area contributed by atoms with E-state index in [2.05, 4.69) is 15.3 Å². The molecule has 0 bridgehead atoms. The highest BCUT2D eigenvalue weighted by molar-refractivity contribution is 7.18. The molecule has 3 aromatic heterocycles. The van der Waals surface area contributed by atoms with E-state index in [1.165, 1.54) is 11.3 Å². The van der Waals surface area contributed by atoms with Gasteiger partial charge in [-0.25, -0.2) is 4.98 Å². The first-order valence-electron chi connectivity index (χ1n) is 8.58. The molecule has 0 unspecified atom stereocenters. The number of rotatable bonds is 6. The number of thiophene rings is 2. The van der Waals surface area contributed by atoms with Crippen molar-refractivity contribution in [3.63, 3.8) is 0 Å². The van der Waals surface area contributed by atoms with Crippen molar-refractivity contribution < 1.29 is 4.79 Å². The summed E-state index contributed by atoms with van der Waals surface area (Å²) in [7, 11) is 1.87. The van der Waals surface area contributed by atoms with Gasteiger partial charge in [-0.05, 0) is 38.3 Å². The molecule has 0 aliphatic heterocycles. The molecule has 3 aromatic rings. The van der Waals surface area contributed by atoms with Crippen LogP contribution in [0.1, 0.15) is 31.6 Å². The van der Waals surface area contributed by atoms with Crippen molar-refractivity contribution in [3.05, 3.63) is 39.1 Å². The van der Waals surface area contributed by atoms with Gasteiger partial charge >= 0.3 is 0 Å². The minimum Gasteiger partial charge on any atom is -0.352 e. The van der Waals surface area contributed by atoms with Gasteiger partial charge in [0.1, 0.15) is 10.7 Å². The van der Waals surface area contributed by atoms with Crippen molar-refractivity contribution in [2.24, 2.45) is 0 Å². The summed E-state index contributed by atoms with van der Waals surface area (Å²) < 4.78 is 0. The van der Waals surface area contributed by atoms with Gasteiger partial charge in [0.05, 0.1) is 18.0 Å². The van der Waals surface area contributed by atoms with Gasteiger partial charge in [0.15, 0.2) is 0 Å². The number of nitrogens with zero attached hydrogens (tertiary/aromatic N) is 2. The lowest BCUT2D eigenvalue weighted by molar-refractivity contribution is -0.122. The van der Waals surface area contributed by atoms with Gasteiger partial charge < -0.3 is 10.3 Å². The van der Waals surface area contributed by atoms with E-state index >= 15 is 0 Å². The van der Waals surface area contributed by atoms with Crippen LogP contribution in [0.5, 0.6) is 0 Å². The van der Waals surface area contributed by atoms with Gasteiger partial charge in [0, 0.05) is 21.9 Å². The van der Waals surface area contributed by atoms with Crippen LogP contribution < -0.4 is 10.9 Å². The predicted molar refractivity (Wildman–Crippen MR) is 106 cm³/mol. The van der Waals surface area contributed by atoms with E-state index in [9.17, 15) is 9.59 Å². The summed E-state index contributed by atoms with van der Waals surface area (Å²) >= 11 is 3.09. The van der Waals surface area contributed by atoms with E-state index in [1.807, 2.05) is 41.8 Å². The van der Waals surface area contributed by atoms with Gasteiger partial charge in [0.2, 0.25) is 5.91 Å². The Morgan fingerprint density at radius 2 is 2.27 bits per heavy atom. The van der Waals surface area contributed by atoms with E-state index in [0.29, 0.717) is 17.3 Å². The lowest BCUT2D eigenvalue weighted by Gasteiger charge is -2.23. The molecule has 1 amide bonds. The molecule has 26 heavy (non-hydrogen) atoms. The molecule has 0 aromatic carbocycles. The van der Waals surface area contributed by atoms with Crippen LogP contribution in [0.4, 0.5) is 0 Å². The summed E-state index contributed by atoms with van der Waals surface area (Å²) in [4.78, 5) is 36.0. The minimum absolute atomic E-state index is 0.0152. The van der Waals surface area contributed by atoms with E-state index in [1.54, 1.807) is 11.3 Å². The van der Waals surface area contributed by atoms with Crippen molar-refractivity contribution in [1.82, 2.24) is 20.2 Å². The molecule has 2 N–H and O–H groups in total. The van der Waals surface area contributed by atoms with Crippen LogP contribution in [0.15, 0.2) is 27.7 Å². The SMILES string of the molecule is C[C@H](c1nc2scc(-c3cccs3)c2c(=O)[nH]1)N(C)CC(=O)NC1CC1. The average Bonchev–Trinajstić information content (AvgIpc) is 3.10. The van der Waals surface area contributed by atoms with Crippen molar-refractivity contribution in [2.45, 2.75) is 31.8 Å². The first-order valence-corrected chi connectivity index (χ1v) is 10.3. The van der Waals surface area contributed by atoms with E-state index < -0.39 is 0 Å². The third-order valence-electron chi connectivity index (χ3n) is 4.64. The maximum absolute atomic E-state index is 12.7. The molecule has 1 fully saturated rings. The molecule has 1 atom stereocenters. The summed E-state index contributed by atoms with van der Waals surface area (Å²) in [5.74, 6) is 0.602. The van der Waals surface area contributed by atoms with Gasteiger partial charge in [-0.1, -0.05) is 6.07 Å². The lowest BCUT2D eigenvalue weighted by Crippen LogP contribution is -2.38. The van der Waals surface area contributed by atoms with E-state index in [4.69, 9.17) is 0 Å². The second kappa shape index (κ2) is 6.94. The Bertz CT molecular complexity index is 988. The maximum Gasteiger partial charge on any atom is 0.260 e. The molecule has 0 saturated heterocycles. The number of hydrogen-bond donors (Lipinski definition) is 2. The fraction of sp³-hybridized carbons (Fsp3) is 0.389. The van der Waals surface area contributed by atoms with Crippen LogP contribution >= 0.6 is 22.7 Å². The molecule has 136 valence electrons. The number of amides is 1. The van der Waals surface area contributed by atoms with Crippen LogP contribution in [0, 0.1) is 0 Å². The molecule has 1 aliphatic carbocycles. The molecule has 0 spiro atoms. The highest BCUT2D eigenvalue weighted by atomic mass is 32.1. The quantitative estimate of drug-likeness (QED) is 0.680. The molecule has 1 aliphatic rings. The fourth-order valence-corrected chi connectivity index (χ4v) is 4.62. The number of carbonyl (C=O) groups excluding carboxylic acids is 1. The zero-order chi connectivity index (χ0) is 18.3. The normalized spacial score (nSPS) is 15.5. The number of aromatic nitrogens is 2. The van der Waals surface area contributed by atoms with E-state index in [-0.39, 0.29) is 24.1 Å². The second-order valence-electron chi connectivity index (χ2n) is 6.69. The number of likely N-dealkylation sites (N-methyl/N-ethyl adjacent to an activating group) is 1. The Morgan fingerprint density at radius 3 is 2.96 bits per heavy atom. The van der Waals surface area contributed by atoms with Gasteiger partial charge in [-0.2, -0.15) is 0 Å². The predicted octanol–water partition coefficient (Wildman–Crippen LogP) is 2.98. The highest BCUT2D eigenvalue weighted by Crippen LogP contribution is 2.33. The third-order valence-corrected chi connectivity index (χ3v) is 6.42. The summed E-state index contributed by atoms with van der Waals surface area (Å²) in [5.41, 5.74) is 0.808. The number of carbonyl (C=O) groups is 1. The first-order chi connectivity index (χ1) is 12.5. The molecule has 0 radical (unpaired) electrons. The summed E-state index contributed by atoms with van der Waals surface area (Å²) in [6, 6.07) is 4.17. The molecular weight excluding hydrogens is 368 g/mol. The van der Waals surface area contributed by atoms with Crippen LogP contribution in [0.25, 0.3) is 20.7 Å². The molecule has 8 heteroatoms. The van der Waals surface area contributed by atoms with Crippen LogP contribution in [-0.4, -0.2) is 40.4 Å². The number of H-pyrrole nitrogens is 1. The molecule has 1 saturated carbocycles. The van der Waals surface area contributed by atoms with Crippen LogP contribution in [-0.2, 0) is 4.79 Å². The smallest absolute Gasteiger partial charge is 0.260 e. The Balaban J connectivity index is 1.58. The largest absolute Gasteiger partial charge is 0.352 e. The Morgan fingerprint density at radius 1 is 1.46 bits per heavy atom. The van der Waals surface area contributed by atoms with Gasteiger partial charge in [-0.15, -0.1) is 22.7 Å². The number of hydrogen-bond acceptors (Lipinski definition) is 6. The molecular formula is C18H20N4O2S2. The lowest BCUT2D eigenvalue weighted by atomic mass is 10.2. The monoisotopic (exact) mass is 388 g/mol. The van der Waals surface area contributed by atoms with Crippen molar-refractivity contribution in [1.29, 1.82) is 0 Å². The summed E-state index contributed by atoms with van der Waals surface area (Å²) in [5, 5.41) is 7.61.